The summed E-state index contributed by atoms with van der Waals surface area (Å²) in [5, 5.41) is 13.5. The zero-order chi connectivity index (χ0) is 20.6. The Morgan fingerprint density at radius 2 is 1.52 bits per heavy atom. The Morgan fingerprint density at radius 3 is 2.10 bits per heavy atom. The molecule has 1 aliphatic heterocycles. The second-order valence-corrected chi connectivity index (χ2v) is 8.58. The number of aromatic nitrogens is 2. The molecule has 1 aromatic heterocycles. The predicted octanol–water partition coefficient (Wildman–Crippen LogP) is 6.69. The summed E-state index contributed by atoms with van der Waals surface area (Å²) < 4.78 is 0. The maximum absolute atomic E-state index is 6.08. The number of nitrogens with one attached hydrogen (secondary N) is 1. The molecule has 4 nitrogen and oxygen atoms in total. The Morgan fingerprint density at radius 1 is 0.862 bits per heavy atom. The Kier molecular flexibility index (Phi) is 8.58. The van der Waals surface area contributed by atoms with E-state index in [1.165, 1.54) is 58.0 Å². The van der Waals surface area contributed by atoms with Crippen LogP contribution in [0.25, 0.3) is 11.3 Å². The highest BCUT2D eigenvalue weighted by Gasteiger charge is 2.26. The lowest BCUT2D eigenvalue weighted by atomic mass is 9.92. The minimum atomic E-state index is 0.477. The first kappa shape index (κ1) is 22.3. The van der Waals surface area contributed by atoms with Gasteiger partial charge in [0.1, 0.15) is 5.82 Å². The summed E-state index contributed by atoms with van der Waals surface area (Å²) in [6.07, 6.45) is 9.35. The van der Waals surface area contributed by atoms with E-state index in [0.29, 0.717) is 16.1 Å². The number of rotatable bonds is 4. The first-order chi connectivity index (χ1) is 14.2. The van der Waals surface area contributed by atoms with Crippen molar-refractivity contribution in [2.75, 3.05) is 18.4 Å². The Hall–Kier alpha value is -1.36. The molecule has 29 heavy (non-hydrogen) atoms. The Bertz CT molecular complexity index is 732. The summed E-state index contributed by atoms with van der Waals surface area (Å²) in [5.74, 6) is 0.836. The van der Waals surface area contributed by atoms with Crippen LogP contribution in [0.3, 0.4) is 0 Å². The highest BCUT2D eigenvalue weighted by Crippen LogP contribution is 2.27. The number of anilines is 1. The van der Waals surface area contributed by atoms with E-state index in [9.17, 15) is 0 Å². The maximum atomic E-state index is 6.08. The number of hydrogen-bond acceptors (Lipinski definition) is 4. The minimum absolute atomic E-state index is 0.477. The number of hydrogen-bond donors (Lipinski definition) is 1. The summed E-state index contributed by atoms with van der Waals surface area (Å²) in [6, 6.07) is 10.7. The van der Waals surface area contributed by atoms with E-state index in [4.69, 9.17) is 23.2 Å². The molecule has 2 fully saturated rings. The first-order valence-corrected chi connectivity index (χ1v) is 11.7. The smallest absolute Gasteiger partial charge is 0.148 e. The van der Waals surface area contributed by atoms with Crippen LogP contribution in [0.15, 0.2) is 30.3 Å². The third-order valence-electron chi connectivity index (χ3n) is 5.80. The Labute approximate surface area is 185 Å². The zero-order valence-corrected chi connectivity index (χ0v) is 19.0. The normalized spacial score (nSPS) is 18.8. The van der Waals surface area contributed by atoms with E-state index >= 15 is 0 Å². The topological polar surface area (TPSA) is 41.0 Å². The second kappa shape index (κ2) is 11.1. The molecule has 1 aliphatic carbocycles. The summed E-state index contributed by atoms with van der Waals surface area (Å²) in [7, 11) is 0. The molecule has 0 unspecified atom stereocenters. The molecule has 0 atom stereocenters. The number of likely N-dealkylation sites (tertiary alicyclic amines) is 1. The van der Waals surface area contributed by atoms with Gasteiger partial charge in [-0.3, -0.25) is 0 Å². The average molecular weight is 435 g/mol. The van der Waals surface area contributed by atoms with Gasteiger partial charge in [0, 0.05) is 40.8 Å². The van der Waals surface area contributed by atoms with E-state index in [1.54, 1.807) is 6.07 Å². The van der Waals surface area contributed by atoms with Gasteiger partial charge in [0.25, 0.3) is 0 Å². The van der Waals surface area contributed by atoms with Gasteiger partial charge in [0.2, 0.25) is 0 Å². The van der Waals surface area contributed by atoms with Crippen LogP contribution in [0.4, 0.5) is 5.82 Å². The number of piperidine rings is 1. The maximum Gasteiger partial charge on any atom is 0.148 e. The lowest BCUT2D eigenvalue weighted by Gasteiger charge is -2.39. The van der Waals surface area contributed by atoms with Gasteiger partial charge in [-0.1, -0.05) is 56.3 Å². The van der Waals surface area contributed by atoms with Crippen LogP contribution in [-0.4, -0.2) is 40.3 Å². The van der Waals surface area contributed by atoms with Crippen molar-refractivity contribution in [3.8, 4) is 11.3 Å². The van der Waals surface area contributed by atoms with E-state index in [0.717, 1.165) is 23.1 Å². The number of benzene rings is 1. The third-order valence-corrected chi connectivity index (χ3v) is 6.23. The van der Waals surface area contributed by atoms with Crippen molar-refractivity contribution in [1.82, 2.24) is 15.1 Å². The predicted molar refractivity (Wildman–Crippen MR) is 124 cm³/mol. The lowest BCUT2D eigenvalue weighted by molar-refractivity contribution is 0.126. The third kappa shape index (κ3) is 6.31. The van der Waals surface area contributed by atoms with Crippen molar-refractivity contribution in [3.63, 3.8) is 0 Å². The molecule has 0 amide bonds. The molecule has 0 bridgehead atoms. The molecular weight excluding hydrogens is 403 g/mol. The molecule has 1 saturated heterocycles. The van der Waals surface area contributed by atoms with Gasteiger partial charge in [-0.15, -0.1) is 10.2 Å². The SMILES string of the molecule is CC.Clc1cc(Cl)cc(-c2ccc(NC3CCN(C4CCCCC4)CC3)nn2)c1. The molecule has 1 N–H and O–H groups in total. The van der Waals surface area contributed by atoms with Crippen LogP contribution in [-0.2, 0) is 0 Å². The van der Waals surface area contributed by atoms with Crippen LogP contribution in [0.2, 0.25) is 10.0 Å². The monoisotopic (exact) mass is 434 g/mol. The van der Waals surface area contributed by atoms with Crippen LogP contribution in [0.1, 0.15) is 58.8 Å². The van der Waals surface area contributed by atoms with Crippen molar-refractivity contribution in [2.24, 2.45) is 0 Å². The van der Waals surface area contributed by atoms with Gasteiger partial charge in [0.05, 0.1) is 5.69 Å². The molecule has 6 heteroatoms. The van der Waals surface area contributed by atoms with Crippen molar-refractivity contribution < 1.29 is 0 Å². The first-order valence-electron chi connectivity index (χ1n) is 11.0. The lowest BCUT2D eigenvalue weighted by Crippen LogP contribution is -2.45. The van der Waals surface area contributed by atoms with E-state index in [1.807, 2.05) is 38.1 Å². The van der Waals surface area contributed by atoms with Crippen LogP contribution < -0.4 is 5.32 Å². The van der Waals surface area contributed by atoms with E-state index in [-0.39, 0.29) is 0 Å². The molecule has 4 rings (SSSR count). The van der Waals surface area contributed by atoms with Gasteiger partial charge < -0.3 is 10.2 Å². The largest absolute Gasteiger partial charge is 0.366 e. The van der Waals surface area contributed by atoms with Crippen molar-refractivity contribution in [2.45, 2.75) is 70.9 Å². The standard InChI is InChI=1S/C21H26Cl2N4.C2H6/c22-16-12-15(13-17(23)14-16)20-6-7-21(26-25-20)24-18-8-10-27(11-9-18)19-4-2-1-3-5-19;1-2/h6-7,12-14,18-19H,1-5,8-11H2,(H,24,26);1-2H3. The molecule has 2 heterocycles. The van der Waals surface area contributed by atoms with Gasteiger partial charge in [-0.05, 0) is 56.0 Å². The van der Waals surface area contributed by atoms with Crippen molar-refractivity contribution >= 4 is 29.0 Å². The van der Waals surface area contributed by atoms with Gasteiger partial charge in [-0.25, -0.2) is 0 Å². The van der Waals surface area contributed by atoms with Crippen molar-refractivity contribution in [3.05, 3.63) is 40.4 Å². The molecule has 0 radical (unpaired) electrons. The zero-order valence-electron chi connectivity index (χ0n) is 17.5. The van der Waals surface area contributed by atoms with Gasteiger partial charge >= 0.3 is 0 Å². The fourth-order valence-electron chi connectivity index (χ4n) is 4.33. The van der Waals surface area contributed by atoms with Crippen LogP contribution >= 0.6 is 23.2 Å². The molecule has 2 aromatic rings. The summed E-state index contributed by atoms with van der Waals surface area (Å²) in [4.78, 5) is 2.70. The minimum Gasteiger partial charge on any atom is -0.366 e. The molecule has 2 aliphatic rings. The Balaban J connectivity index is 0.00000117. The molecule has 1 aromatic carbocycles. The highest BCUT2D eigenvalue weighted by molar-refractivity contribution is 6.35. The van der Waals surface area contributed by atoms with Crippen molar-refractivity contribution in [1.29, 1.82) is 0 Å². The quantitative estimate of drug-likeness (QED) is 0.581. The molecule has 1 saturated carbocycles. The highest BCUT2D eigenvalue weighted by atomic mass is 35.5. The van der Waals surface area contributed by atoms with Gasteiger partial charge in [-0.2, -0.15) is 0 Å². The summed E-state index contributed by atoms with van der Waals surface area (Å²) in [6.45, 7) is 6.38. The van der Waals surface area contributed by atoms with Crippen LogP contribution in [0.5, 0.6) is 0 Å². The molecular formula is C23H32Cl2N4. The molecule has 158 valence electrons. The van der Waals surface area contributed by atoms with Crippen LogP contribution in [0, 0.1) is 0 Å². The fourth-order valence-corrected chi connectivity index (χ4v) is 4.86. The summed E-state index contributed by atoms with van der Waals surface area (Å²) in [5.41, 5.74) is 1.66. The van der Waals surface area contributed by atoms with Gasteiger partial charge in [0.15, 0.2) is 0 Å². The molecule has 0 spiro atoms. The van der Waals surface area contributed by atoms with E-state index in [2.05, 4.69) is 20.4 Å². The van der Waals surface area contributed by atoms with E-state index < -0.39 is 0 Å². The number of nitrogens with zero attached hydrogens (tertiary/aromatic N) is 3. The number of halogens is 2. The fraction of sp³-hybridized carbons (Fsp3) is 0.565. The summed E-state index contributed by atoms with van der Waals surface area (Å²) >= 11 is 12.2. The average Bonchev–Trinajstić information content (AvgIpc) is 2.76. The second-order valence-electron chi connectivity index (χ2n) is 7.71.